The summed E-state index contributed by atoms with van der Waals surface area (Å²) in [6.07, 6.45) is 2.61. The number of aryl methyl sites for hydroxylation is 1. The van der Waals surface area contributed by atoms with Gasteiger partial charge >= 0.3 is 17.9 Å². The first-order chi connectivity index (χ1) is 11.9. The zero-order chi connectivity index (χ0) is 18.4. The molecule has 0 atom stereocenters. The first-order valence-corrected chi connectivity index (χ1v) is 7.21. The van der Waals surface area contributed by atoms with Crippen LogP contribution in [0.15, 0.2) is 40.8 Å². The van der Waals surface area contributed by atoms with Crippen molar-refractivity contribution >= 4 is 24.0 Å². The standard InChI is InChI=1S/C18H16O7/c1-11-4-5-14(24-11)6-7-16(19)25-15-9-12(17(20)22-2)8-13(10-15)18(21)23-3/h4-10H,1-3H3. The Labute approximate surface area is 143 Å². The molecule has 0 aliphatic carbocycles. The van der Waals surface area contributed by atoms with E-state index in [2.05, 4.69) is 9.47 Å². The molecule has 1 aromatic heterocycles. The molecular formula is C18H16O7. The normalized spacial score (nSPS) is 10.5. The smallest absolute Gasteiger partial charge is 0.338 e. The third kappa shape index (κ3) is 4.81. The van der Waals surface area contributed by atoms with Gasteiger partial charge in [0, 0.05) is 6.08 Å². The van der Waals surface area contributed by atoms with Crippen molar-refractivity contribution in [3.8, 4) is 5.75 Å². The van der Waals surface area contributed by atoms with Gasteiger partial charge in [-0.15, -0.1) is 0 Å². The number of hydrogen-bond acceptors (Lipinski definition) is 7. The predicted molar refractivity (Wildman–Crippen MR) is 87.2 cm³/mol. The summed E-state index contributed by atoms with van der Waals surface area (Å²) in [6, 6.07) is 7.33. The summed E-state index contributed by atoms with van der Waals surface area (Å²) >= 11 is 0. The summed E-state index contributed by atoms with van der Waals surface area (Å²) in [5.74, 6) is -0.843. The summed E-state index contributed by atoms with van der Waals surface area (Å²) < 4.78 is 19.7. The molecule has 0 spiro atoms. The molecule has 2 rings (SSSR count). The minimum atomic E-state index is -0.702. The van der Waals surface area contributed by atoms with Gasteiger partial charge in [0.05, 0.1) is 25.3 Å². The Balaban J connectivity index is 2.22. The highest BCUT2D eigenvalue weighted by Crippen LogP contribution is 2.19. The van der Waals surface area contributed by atoms with Crippen LogP contribution in [0, 0.1) is 6.92 Å². The molecule has 0 N–H and O–H groups in total. The van der Waals surface area contributed by atoms with Gasteiger partial charge in [0.2, 0.25) is 0 Å². The van der Waals surface area contributed by atoms with E-state index >= 15 is 0 Å². The first kappa shape index (κ1) is 18.0. The van der Waals surface area contributed by atoms with E-state index in [-0.39, 0.29) is 16.9 Å². The van der Waals surface area contributed by atoms with Gasteiger partial charge in [-0.25, -0.2) is 14.4 Å². The second-order valence-electron chi connectivity index (χ2n) is 4.93. The Morgan fingerprint density at radius 2 is 1.56 bits per heavy atom. The molecule has 1 heterocycles. The fourth-order valence-electron chi connectivity index (χ4n) is 1.97. The van der Waals surface area contributed by atoms with Gasteiger partial charge in [-0.05, 0) is 43.3 Å². The van der Waals surface area contributed by atoms with Gasteiger partial charge in [-0.3, -0.25) is 0 Å². The molecule has 130 valence electrons. The summed E-state index contributed by atoms with van der Waals surface area (Å²) in [5, 5.41) is 0. The van der Waals surface area contributed by atoms with Gasteiger partial charge in [-0.2, -0.15) is 0 Å². The Hall–Kier alpha value is -3.35. The van der Waals surface area contributed by atoms with Crippen molar-refractivity contribution in [2.75, 3.05) is 14.2 Å². The van der Waals surface area contributed by atoms with E-state index in [1.54, 1.807) is 19.1 Å². The van der Waals surface area contributed by atoms with Crippen LogP contribution in [0.1, 0.15) is 32.2 Å². The molecular weight excluding hydrogens is 328 g/mol. The highest BCUT2D eigenvalue weighted by Gasteiger charge is 2.15. The van der Waals surface area contributed by atoms with Gasteiger partial charge in [0.15, 0.2) is 0 Å². The van der Waals surface area contributed by atoms with Gasteiger partial charge in [0.25, 0.3) is 0 Å². The third-order valence-corrected chi connectivity index (χ3v) is 3.11. The van der Waals surface area contributed by atoms with Gasteiger partial charge in [0.1, 0.15) is 17.3 Å². The van der Waals surface area contributed by atoms with Crippen molar-refractivity contribution in [3.63, 3.8) is 0 Å². The zero-order valence-corrected chi connectivity index (χ0v) is 13.9. The van der Waals surface area contributed by atoms with Gasteiger partial charge in [-0.1, -0.05) is 0 Å². The van der Waals surface area contributed by atoms with E-state index in [4.69, 9.17) is 9.15 Å². The minimum absolute atomic E-state index is 0.00794. The Morgan fingerprint density at radius 3 is 2.04 bits per heavy atom. The maximum atomic E-state index is 11.9. The third-order valence-electron chi connectivity index (χ3n) is 3.11. The molecule has 7 heteroatoms. The van der Waals surface area contributed by atoms with E-state index < -0.39 is 17.9 Å². The van der Waals surface area contributed by atoms with Crippen molar-refractivity contribution in [1.82, 2.24) is 0 Å². The summed E-state index contributed by atoms with van der Waals surface area (Å²) in [7, 11) is 2.40. The molecule has 0 aliphatic heterocycles. The number of hydrogen-bond donors (Lipinski definition) is 0. The number of ether oxygens (including phenoxy) is 3. The highest BCUT2D eigenvalue weighted by molar-refractivity contribution is 5.96. The van der Waals surface area contributed by atoms with E-state index in [1.807, 2.05) is 0 Å². The molecule has 0 amide bonds. The number of carbonyl (C=O) groups excluding carboxylic acids is 3. The minimum Gasteiger partial charge on any atom is -0.465 e. The maximum Gasteiger partial charge on any atom is 0.338 e. The summed E-state index contributed by atoms with van der Waals surface area (Å²) in [4.78, 5) is 35.3. The topological polar surface area (TPSA) is 92.0 Å². The highest BCUT2D eigenvalue weighted by atomic mass is 16.5. The lowest BCUT2D eigenvalue weighted by atomic mass is 10.1. The van der Waals surface area contributed by atoms with Crippen molar-refractivity contribution in [2.24, 2.45) is 0 Å². The molecule has 1 aromatic carbocycles. The summed E-state index contributed by atoms with van der Waals surface area (Å²) in [6.45, 7) is 1.78. The molecule has 0 radical (unpaired) electrons. The van der Waals surface area contributed by atoms with E-state index in [9.17, 15) is 14.4 Å². The van der Waals surface area contributed by atoms with Crippen molar-refractivity contribution in [2.45, 2.75) is 6.92 Å². The molecule has 0 bridgehead atoms. The predicted octanol–water partition coefficient (Wildman–Crippen LogP) is 2.78. The van der Waals surface area contributed by atoms with E-state index in [0.29, 0.717) is 11.5 Å². The lowest BCUT2D eigenvalue weighted by molar-refractivity contribution is -0.128. The van der Waals surface area contributed by atoms with Crippen molar-refractivity contribution < 1.29 is 33.0 Å². The second-order valence-corrected chi connectivity index (χ2v) is 4.93. The van der Waals surface area contributed by atoms with Crippen LogP contribution < -0.4 is 4.74 Å². The molecule has 7 nitrogen and oxygen atoms in total. The largest absolute Gasteiger partial charge is 0.465 e. The number of benzene rings is 1. The van der Waals surface area contributed by atoms with Crippen LogP contribution >= 0.6 is 0 Å². The molecule has 25 heavy (non-hydrogen) atoms. The SMILES string of the molecule is COC(=O)c1cc(OC(=O)C=Cc2ccc(C)o2)cc(C(=O)OC)c1. The number of rotatable bonds is 5. The van der Waals surface area contributed by atoms with Crippen LogP contribution in [-0.4, -0.2) is 32.1 Å². The van der Waals surface area contributed by atoms with Crippen molar-refractivity contribution in [1.29, 1.82) is 0 Å². The molecule has 2 aromatic rings. The molecule has 0 unspecified atom stereocenters. The lowest BCUT2D eigenvalue weighted by Crippen LogP contribution is -2.09. The van der Waals surface area contributed by atoms with Crippen LogP contribution in [0.5, 0.6) is 5.75 Å². The maximum absolute atomic E-state index is 11.9. The Kier molecular flexibility index (Phi) is 5.73. The average molecular weight is 344 g/mol. The fraction of sp³-hybridized carbons (Fsp3) is 0.167. The molecule has 0 fully saturated rings. The Bertz CT molecular complexity index is 795. The van der Waals surface area contributed by atoms with Crippen molar-refractivity contribution in [3.05, 3.63) is 59.1 Å². The number of carbonyl (C=O) groups is 3. The van der Waals surface area contributed by atoms with Crippen LogP contribution in [0.4, 0.5) is 0 Å². The monoisotopic (exact) mass is 344 g/mol. The molecule has 0 saturated heterocycles. The zero-order valence-electron chi connectivity index (χ0n) is 13.9. The number of esters is 3. The van der Waals surface area contributed by atoms with E-state index in [1.165, 1.54) is 44.6 Å². The average Bonchev–Trinajstić information content (AvgIpc) is 3.03. The quantitative estimate of drug-likeness (QED) is 0.468. The lowest BCUT2D eigenvalue weighted by Gasteiger charge is -2.07. The first-order valence-electron chi connectivity index (χ1n) is 7.21. The number of methoxy groups -OCH3 is 2. The summed E-state index contributed by atoms with van der Waals surface area (Å²) in [5.41, 5.74) is 0.109. The van der Waals surface area contributed by atoms with Crippen LogP contribution in [0.2, 0.25) is 0 Å². The molecule has 0 aliphatic rings. The number of furan rings is 1. The fourth-order valence-corrected chi connectivity index (χ4v) is 1.97. The van der Waals surface area contributed by atoms with Gasteiger partial charge < -0.3 is 18.6 Å². The van der Waals surface area contributed by atoms with Crippen LogP contribution in [-0.2, 0) is 14.3 Å². The second kappa shape index (κ2) is 7.96. The Morgan fingerprint density at radius 1 is 0.960 bits per heavy atom. The van der Waals surface area contributed by atoms with Crippen LogP contribution in [0.3, 0.4) is 0 Å². The molecule has 0 saturated carbocycles. The van der Waals surface area contributed by atoms with E-state index in [0.717, 1.165) is 0 Å². The van der Waals surface area contributed by atoms with Crippen LogP contribution in [0.25, 0.3) is 6.08 Å².